The summed E-state index contributed by atoms with van der Waals surface area (Å²) in [5, 5.41) is 13.2. The van der Waals surface area contributed by atoms with E-state index in [2.05, 4.69) is 22.3 Å². The van der Waals surface area contributed by atoms with E-state index in [1.54, 1.807) is 11.0 Å². The molecular weight excluding hydrogens is 354 g/mol. The number of nitrogens with one attached hydrogen (secondary N) is 1. The molecule has 1 aliphatic rings. The van der Waals surface area contributed by atoms with E-state index in [-0.39, 0.29) is 6.09 Å². The van der Waals surface area contributed by atoms with Crippen LogP contribution in [0.1, 0.15) is 26.3 Å². The Bertz CT molecular complexity index is 791. The van der Waals surface area contributed by atoms with Crippen molar-refractivity contribution in [2.75, 3.05) is 36.4 Å². The molecule has 1 amide bonds. The van der Waals surface area contributed by atoms with Gasteiger partial charge in [-0.2, -0.15) is 0 Å². The zero-order valence-electron chi connectivity index (χ0n) is 16.8. The first-order chi connectivity index (χ1) is 13.3. The number of carbonyl (C=O) groups is 1. The predicted octanol–water partition coefficient (Wildman–Crippen LogP) is 4.06. The van der Waals surface area contributed by atoms with Crippen molar-refractivity contribution in [1.82, 2.24) is 4.90 Å². The lowest BCUT2D eigenvalue weighted by Gasteiger charge is -2.36. The van der Waals surface area contributed by atoms with Crippen molar-refractivity contribution >= 4 is 17.5 Å². The van der Waals surface area contributed by atoms with E-state index in [4.69, 9.17) is 4.74 Å². The highest BCUT2D eigenvalue weighted by atomic mass is 16.6. The topological polar surface area (TPSA) is 65.0 Å². The summed E-state index contributed by atoms with van der Waals surface area (Å²) in [4.78, 5) is 16.2. The van der Waals surface area contributed by atoms with Gasteiger partial charge in [-0.1, -0.05) is 18.2 Å². The number of hydrogen-bond acceptors (Lipinski definition) is 5. The van der Waals surface area contributed by atoms with Crippen LogP contribution < -0.4 is 10.2 Å². The molecule has 1 aliphatic heterocycles. The fourth-order valence-corrected chi connectivity index (χ4v) is 3.12. The standard InChI is InChI=1S/C22H29N3O3/c1-22(2,3)28-21(27)25-14-12-24(13-15-25)19-10-8-18(9-11-19)23-16-17-6-4-5-7-20(17)26/h4-11,23,26H,12-16H2,1-3H3. The molecule has 0 saturated carbocycles. The van der Waals surface area contributed by atoms with E-state index in [9.17, 15) is 9.90 Å². The van der Waals surface area contributed by atoms with Gasteiger partial charge in [-0.25, -0.2) is 4.79 Å². The number of ether oxygens (including phenoxy) is 1. The van der Waals surface area contributed by atoms with Crippen molar-refractivity contribution in [2.45, 2.75) is 32.9 Å². The largest absolute Gasteiger partial charge is 0.508 e. The van der Waals surface area contributed by atoms with Crippen LogP contribution in [0, 0.1) is 0 Å². The number of carbonyl (C=O) groups excluding carboxylic acids is 1. The molecule has 2 N–H and O–H groups in total. The first kappa shape index (κ1) is 19.9. The number of phenolic OH excluding ortho intramolecular Hbond substituents is 1. The highest BCUT2D eigenvalue weighted by molar-refractivity contribution is 5.68. The molecule has 150 valence electrons. The summed E-state index contributed by atoms with van der Waals surface area (Å²) < 4.78 is 5.45. The van der Waals surface area contributed by atoms with Crippen molar-refractivity contribution in [2.24, 2.45) is 0 Å². The van der Waals surface area contributed by atoms with Crippen molar-refractivity contribution in [3.05, 3.63) is 54.1 Å². The maximum Gasteiger partial charge on any atom is 0.410 e. The first-order valence-corrected chi connectivity index (χ1v) is 9.65. The third-order valence-electron chi connectivity index (χ3n) is 4.64. The Labute approximate surface area is 166 Å². The molecule has 0 unspecified atom stereocenters. The van der Waals surface area contributed by atoms with E-state index in [1.165, 1.54) is 0 Å². The number of piperazine rings is 1. The SMILES string of the molecule is CC(C)(C)OC(=O)N1CCN(c2ccc(NCc3ccccc3O)cc2)CC1. The minimum Gasteiger partial charge on any atom is -0.508 e. The van der Waals surface area contributed by atoms with Gasteiger partial charge in [-0.05, 0) is 51.1 Å². The molecular formula is C22H29N3O3. The average Bonchev–Trinajstić information content (AvgIpc) is 2.67. The molecule has 28 heavy (non-hydrogen) atoms. The molecule has 0 aromatic heterocycles. The van der Waals surface area contributed by atoms with Crippen molar-refractivity contribution in [3.8, 4) is 5.75 Å². The smallest absolute Gasteiger partial charge is 0.410 e. The van der Waals surface area contributed by atoms with Crippen molar-refractivity contribution < 1.29 is 14.6 Å². The van der Waals surface area contributed by atoms with Gasteiger partial charge in [0.1, 0.15) is 11.4 Å². The van der Waals surface area contributed by atoms with Gasteiger partial charge in [0, 0.05) is 49.7 Å². The summed E-state index contributed by atoms with van der Waals surface area (Å²) in [6.07, 6.45) is -0.240. The average molecular weight is 383 g/mol. The minimum absolute atomic E-state index is 0.240. The quantitative estimate of drug-likeness (QED) is 0.833. The van der Waals surface area contributed by atoms with Crippen LogP contribution in [0.5, 0.6) is 5.75 Å². The molecule has 3 rings (SSSR count). The zero-order chi connectivity index (χ0) is 20.1. The molecule has 0 radical (unpaired) electrons. The number of phenols is 1. The van der Waals surface area contributed by atoms with Gasteiger partial charge >= 0.3 is 6.09 Å². The Balaban J connectivity index is 1.51. The number of para-hydroxylation sites is 1. The second-order valence-corrected chi connectivity index (χ2v) is 7.98. The lowest BCUT2D eigenvalue weighted by Crippen LogP contribution is -2.50. The second-order valence-electron chi connectivity index (χ2n) is 7.98. The fourth-order valence-electron chi connectivity index (χ4n) is 3.12. The van der Waals surface area contributed by atoms with Gasteiger partial charge in [0.15, 0.2) is 0 Å². The lowest BCUT2D eigenvalue weighted by atomic mass is 10.2. The third-order valence-corrected chi connectivity index (χ3v) is 4.64. The number of rotatable bonds is 4. The van der Waals surface area contributed by atoms with Crippen LogP contribution in [0.25, 0.3) is 0 Å². The summed E-state index contributed by atoms with van der Waals surface area (Å²) in [5.41, 5.74) is 2.54. The molecule has 2 aromatic rings. The van der Waals surface area contributed by atoms with Crippen LogP contribution in [0.15, 0.2) is 48.5 Å². The molecule has 6 heteroatoms. The molecule has 0 atom stereocenters. The summed E-state index contributed by atoms with van der Waals surface area (Å²) >= 11 is 0. The Hall–Kier alpha value is -2.89. The van der Waals surface area contributed by atoms with Gasteiger partial charge in [-0.3, -0.25) is 0 Å². The second kappa shape index (κ2) is 8.42. The number of aromatic hydroxyl groups is 1. The first-order valence-electron chi connectivity index (χ1n) is 9.65. The van der Waals surface area contributed by atoms with Crippen LogP contribution in [-0.4, -0.2) is 47.9 Å². The summed E-state index contributed by atoms with van der Waals surface area (Å²) in [5.74, 6) is 0.300. The molecule has 0 aliphatic carbocycles. The van der Waals surface area contributed by atoms with Crippen LogP contribution in [0.4, 0.5) is 16.2 Å². The van der Waals surface area contributed by atoms with Crippen molar-refractivity contribution in [1.29, 1.82) is 0 Å². The van der Waals surface area contributed by atoms with Gasteiger partial charge in [0.2, 0.25) is 0 Å². The number of anilines is 2. The Morgan fingerprint density at radius 1 is 1.04 bits per heavy atom. The molecule has 1 fully saturated rings. The normalized spacial score (nSPS) is 14.7. The highest BCUT2D eigenvalue weighted by Crippen LogP contribution is 2.22. The summed E-state index contributed by atoms with van der Waals surface area (Å²) in [7, 11) is 0. The molecule has 1 heterocycles. The van der Waals surface area contributed by atoms with E-state index < -0.39 is 5.60 Å². The lowest BCUT2D eigenvalue weighted by molar-refractivity contribution is 0.0240. The number of hydrogen-bond donors (Lipinski definition) is 2. The summed E-state index contributed by atoms with van der Waals surface area (Å²) in [6.45, 7) is 9.10. The van der Waals surface area contributed by atoms with Gasteiger partial charge < -0.3 is 25.0 Å². The van der Waals surface area contributed by atoms with E-state index in [0.29, 0.717) is 25.4 Å². The Morgan fingerprint density at radius 2 is 1.68 bits per heavy atom. The maximum absolute atomic E-state index is 12.2. The molecule has 2 aromatic carbocycles. The van der Waals surface area contributed by atoms with Gasteiger partial charge in [0.05, 0.1) is 0 Å². The maximum atomic E-state index is 12.2. The molecule has 0 bridgehead atoms. The molecule has 1 saturated heterocycles. The monoisotopic (exact) mass is 383 g/mol. The molecule has 0 spiro atoms. The Kier molecular flexibility index (Phi) is 5.97. The van der Waals surface area contributed by atoms with Crippen LogP contribution >= 0.6 is 0 Å². The Morgan fingerprint density at radius 3 is 2.29 bits per heavy atom. The van der Waals surface area contributed by atoms with Crippen molar-refractivity contribution in [3.63, 3.8) is 0 Å². The number of nitrogens with zero attached hydrogens (tertiary/aromatic N) is 2. The van der Waals surface area contributed by atoms with Crippen LogP contribution in [0.3, 0.4) is 0 Å². The number of amides is 1. The number of benzene rings is 2. The third kappa shape index (κ3) is 5.31. The fraction of sp³-hybridized carbons (Fsp3) is 0.409. The highest BCUT2D eigenvalue weighted by Gasteiger charge is 2.25. The predicted molar refractivity (Wildman–Crippen MR) is 112 cm³/mol. The van der Waals surface area contributed by atoms with Crippen LogP contribution in [0.2, 0.25) is 0 Å². The van der Waals surface area contributed by atoms with Crippen LogP contribution in [-0.2, 0) is 11.3 Å². The van der Waals surface area contributed by atoms with Gasteiger partial charge in [-0.15, -0.1) is 0 Å². The van der Waals surface area contributed by atoms with Gasteiger partial charge in [0.25, 0.3) is 0 Å². The zero-order valence-corrected chi connectivity index (χ0v) is 16.8. The van der Waals surface area contributed by atoms with E-state index in [1.807, 2.05) is 51.1 Å². The molecule has 6 nitrogen and oxygen atoms in total. The minimum atomic E-state index is -0.465. The van der Waals surface area contributed by atoms with E-state index in [0.717, 1.165) is 30.0 Å². The summed E-state index contributed by atoms with van der Waals surface area (Å²) in [6, 6.07) is 15.6. The van der Waals surface area contributed by atoms with E-state index >= 15 is 0 Å².